The summed E-state index contributed by atoms with van der Waals surface area (Å²) in [6.45, 7) is -0.428. The topological polar surface area (TPSA) is 121 Å². The quantitative estimate of drug-likeness (QED) is 0.397. The summed E-state index contributed by atoms with van der Waals surface area (Å²) in [5.41, 5.74) is -0.501. The largest absolute Gasteiger partial charge is 0.478 e. The van der Waals surface area contributed by atoms with E-state index in [1.54, 1.807) is 0 Å². The van der Waals surface area contributed by atoms with Crippen LogP contribution in [0.3, 0.4) is 0 Å². The molecule has 0 saturated carbocycles. The van der Waals surface area contributed by atoms with E-state index in [-0.39, 0.29) is 17.0 Å². The molecule has 0 heterocycles. The number of non-ortho nitro benzene ring substituents is 1. The van der Waals surface area contributed by atoms with Crippen molar-refractivity contribution in [3.8, 4) is 0 Å². The SMILES string of the molecule is O=C(O)c1cc([N+](=O)[O-])ccc1SCC(O)CO. The number of carboxylic acids is 1. The molecule has 0 amide bonds. The molecule has 3 N–H and O–H groups in total. The first-order valence-electron chi connectivity index (χ1n) is 4.89. The van der Waals surface area contributed by atoms with E-state index in [0.29, 0.717) is 4.90 Å². The summed E-state index contributed by atoms with van der Waals surface area (Å²) in [6, 6.07) is 3.48. The molecule has 0 radical (unpaired) electrons. The number of aliphatic hydroxyl groups excluding tert-OH is 2. The molecule has 8 heteroatoms. The number of nitro benzene ring substituents is 1. The molecule has 0 aliphatic rings. The van der Waals surface area contributed by atoms with Gasteiger partial charge in [0.15, 0.2) is 0 Å². The summed E-state index contributed by atoms with van der Waals surface area (Å²) in [5.74, 6) is -1.17. The van der Waals surface area contributed by atoms with Crippen molar-refractivity contribution in [3.63, 3.8) is 0 Å². The molecule has 98 valence electrons. The molecular weight excluding hydrogens is 262 g/mol. The number of thioether (sulfide) groups is 1. The maximum Gasteiger partial charge on any atom is 0.337 e. The van der Waals surface area contributed by atoms with Gasteiger partial charge >= 0.3 is 5.97 Å². The zero-order chi connectivity index (χ0) is 13.7. The molecule has 0 spiro atoms. The van der Waals surface area contributed by atoms with Crippen LogP contribution in [-0.2, 0) is 0 Å². The third-order valence-corrected chi connectivity index (χ3v) is 3.26. The molecule has 0 saturated heterocycles. The van der Waals surface area contributed by atoms with Gasteiger partial charge in [-0.05, 0) is 6.07 Å². The smallest absolute Gasteiger partial charge is 0.337 e. The number of nitro groups is 1. The molecule has 7 nitrogen and oxygen atoms in total. The Morgan fingerprint density at radius 2 is 2.17 bits per heavy atom. The zero-order valence-corrected chi connectivity index (χ0v) is 9.96. The normalized spacial score (nSPS) is 12.1. The first kappa shape index (κ1) is 14.4. The predicted octanol–water partition coefficient (Wildman–Crippen LogP) is 0.738. The van der Waals surface area contributed by atoms with Crippen molar-refractivity contribution in [2.75, 3.05) is 12.4 Å². The number of carbonyl (C=O) groups is 1. The van der Waals surface area contributed by atoms with Crippen molar-refractivity contribution < 1.29 is 25.0 Å². The van der Waals surface area contributed by atoms with Gasteiger partial charge in [-0.25, -0.2) is 4.79 Å². The maximum absolute atomic E-state index is 11.0. The van der Waals surface area contributed by atoms with Gasteiger partial charge in [-0.3, -0.25) is 10.1 Å². The zero-order valence-electron chi connectivity index (χ0n) is 9.15. The van der Waals surface area contributed by atoms with E-state index >= 15 is 0 Å². The standard InChI is InChI=1S/C10H11NO6S/c12-4-7(13)5-18-9-2-1-6(11(16)17)3-8(9)10(14)15/h1-3,7,12-13H,4-5H2,(H,14,15). The Kier molecular flexibility index (Phi) is 5.08. The van der Waals surface area contributed by atoms with Crippen LogP contribution in [0.15, 0.2) is 23.1 Å². The lowest BCUT2D eigenvalue weighted by Gasteiger charge is -2.08. The van der Waals surface area contributed by atoms with Crippen LogP contribution in [0.2, 0.25) is 0 Å². The summed E-state index contributed by atoms with van der Waals surface area (Å²) in [6.07, 6.45) is -0.966. The second-order valence-electron chi connectivity index (χ2n) is 3.39. The van der Waals surface area contributed by atoms with E-state index < -0.39 is 23.6 Å². The molecule has 0 bridgehead atoms. The Balaban J connectivity index is 2.97. The first-order chi connectivity index (χ1) is 8.45. The van der Waals surface area contributed by atoms with Crippen LogP contribution < -0.4 is 0 Å². The Morgan fingerprint density at radius 3 is 2.67 bits per heavy atom. The fraction of sp³-hybridized carbons (Fsp3) is 0.300. The highest BCUT2D eigenvalue weighted by atomic mass is 32.2. The Labute approximate surface area is 106 Å². The third kappa shape index (κ3) is 3.69. The molecule has 0 aliphatic carbocycles. The van der Waals surface area contributed by atoms with E-state index in [0.717, 1.165) is 17.8 Å². The van der Waals surface area contributed by atoms with Gasteiger partial charge in [0.1, 0.15) is 0 Å². The number of benzene rings is 1. The molecule has 1 unspecified atom stereocenters. The lowest BCUT2D eigenvalue weighted by Crippen LogP contribution is -2.15. The van der Waals surface area contributed by atoms with Crippen LogP contribution >= 0.6 is 11.8 Å². The highest BCUT2D eigenvalue weighted by molar-refractivity contribution is 7.99. The summed E-state index contributed by atoms with van der Waals surface area (Å²) < 4.78 is 0. The van der Waals surface area contributed by atoms with Crippen molar-refractivity contribution in [2.45, 2.75) is 11.0 Å². The molecule has 0 fully saturated rings. The average molecular weight is 273 g/mol. The molecule has 0 aliphatic heterocycles. The second kappa shape index (κ2) is 6.34. The van der Waals surface area contributed by atoms with Crippen LogP contribution in [0.25, 0.3) is 0 Å². The number of aromatic carboxylic acids is 1. The molecule has 1 aromatic carbocycles. The molecule has 1 aromatic rings. The monoisotopic (exact) mass is 273 g/mol. The van der Waals surface area contributed by atoms with Crippen LogP contribution in [0.5, 0.6) is 0 Å². The van der Waals surface area contributed by atoms with E-state index in [2.05, 4.69) is 0 Å². The molecule has 0 aromatic heterocycles. The van der Waals surface area contributed by atoms with Crippen molar-refractivity contribution in [2.24, 2.45) is 0 Å². The molecule has 1 rings (SSSR count). The minimum Gasteiger partial charge on any atom is -0.478 e. The summed E-state index contributed by atoms with van der Waals surface area (Å²) >= 11 is 1.02. The highest BCUT2D eigenvalue weighted by Gasteiger charge is 2.17. The van der Waals surface area contributed by atoms with Crippen molar-refractivity contribution in [1.82, 2.24) is 0 Å². The van der Waals surface area contributed by atoms with E-state index in [9.17, 15) is 14.9 Å². The summed E-state index contributed by atoms with van der Waals surface area (Å²) in [5, 5.41) is 37.3. The average Bonchev–Trinajstić information content (AvgIpc) is 2.35. The van der Waals surface area contributed by atoms with Crippen LogP contribution in [0.4, 0.5) is 5.69 Å². The van der Waals surface area contributed by atoms with Gasteiger partial charge in [0.2, 0.25) is 0 Å². The van der Waals surface area contributed by atoms with Gasteiger partial charge in [0.05, 0.1) is 23.2 Å². The minimum atomic E-state index is -1.28. The highest BCUT2D eigenvalue weighted by Crippen LogP contribution is 2.27. The molecular formula is C10H11NO6S. The van der Waals surface area contributed by atoms with Gasteiger partial charge in [0, 0.05) is 22.8 Å². The van der Waals surface area contributed by atoms with Crippen LogP contribution in [0.1, 0.15) is 10.4 Å². The minimum absolute atomic E-state index is 0.106. The van der Waals surface area contributed by atoms with Crippen LogP contribution in [-0.4, -0.2) is 44.7 Å². The fourth-order valence-corrected chi connectivity index (χ4v) is 2.11. The van der Waals surface area contributed by atoms with Crippen molar-refractivity contribution >= 4 is 23.4 Å². The van der Waals surface area contributed by atoms with Gasteiger partial charge in [-0.15, -0.1) is 11.8 Å². The van der Waals surface area contributed by atoms with E-state index in [1.165, 1.54) is 12.1 Å². The summed E-state index contributed by atoms with van der Waals surface area (Å²) in [7, 11) is 0. The van der Waals surface area contributed by atoms with E-state index in [4.69, 9.17) is 15.3 Å². The summed E-state index contributed by atoms with van der Waals surface area (Å²) in [4.78, 5) is 21.1. The number of hydrogen-bond acceptors (Lipinski definition) is 6. The lowest BCUT2D eigenvalue weighted by molar-refractivity contribution is -0.384. The molecule has 18 heavy (non-hydrogen) atoms. The van der Waals surface area contributed by atoms with Crippen molar-refractivity contribution in [1.29, 1.82) is 0 Å². The Morgan fingerprint density at radius 1 is 1.50 bits per heavy atom. The van der Waals surface area contributed by atoms with Gasteiger partial charge in [-0.2, -0.15) is 0 Å². The lowest BCUT2D eigenvalue weighted by atomic mass is 10.2. The third-order valence-electron chi connectivity index (χ3n) is 2.05. The second-order valence-corrected chi connectivity index (χ2v) is 4.45. The number of nitrogens with zero attached hydrogens (tertiary/aromatic N) is 1. The van der Waals surface area contributed by atoms with Gasteiger partial charge < -0.3 is 15.3 Å². The van der Waals surface area contributed by atoms with Crippen LogP contribution in [0, 0.1) is 10.1 Å². The van der Waals surface area contributed by atoms with Crippen molar-refractivity contribution in [3.05, 3.63) is 33.9 Å². The number of hydrogen-bond donors (Lipinski definition) is 3. The Bertz CT molecular complexity index is 464. The number of carboxylic acid groups (broad SMARTS) is 1. The fourth-order valence-electron chi connectivity index (χ4n) is 1.16. The van der Waals surface area contributed by atoms with Gasteiger partial charge in [-0.1, -0.05) is 0 Å². The first-order valence-corrected chi connectivity index (χ1v) is 5.87. The van der Waals surface area contributed by atoms with Gasteiger partial charge in [0.25, 0.3) is 5.69 Å². The predicted molar refractivity (Wildman–Crippen MR) is 63.9 cm³/mol. The molecule has 1 atom stereocenters. The number of rotatable bonds is 6. The van der Waals surface area contributed by atoms with E-state index in [1.807, 2.05) is 0 Å². The Hall–Kier alpha value is -1.64. The maximum atomic E-state index is 11.0. The number of aliphatic hydroxyl groups is 2.